The van der Waals surface area contributed by atoms with E-state index in [1.54, 1.807) is 30.3 Å². The fourth-order valence-electron chi connectivity index (χ4n) is 4.43. The SMILES string of the molecule is CC(NC(=O)c1ccc2c(ccn2Cc2ccc(-c3ccccc3O)cc2)c1)c1ccc([N+](=O)[O-])cc1. The van der Waals surface area contributed by atoms with Crippen molar-refractivity contribution in [2.75, 3.05) is 0 Å². The van der Waals surface area contributed by atoms with Crippen molar-refractivity contribution in [1.82, 2.24) is 9.88 Å². The van der Waals surface area contributed by atoms with Crippen molar-refractivity contribution in [3.63, 3.8) is 0 Å². The Labute approximate surface area is 213 Å². The van der Waals surface area contributed by atoms with E-state index >= 15 is 0 Å². The number of carbonyl (C=O) groups excluding carboxylic acids is 1. The van der Waals surface area contributed by atoms with Crippen LogP contribution in [-0.4, -0.2) is 20.5 Å². The summed E-state index contributed by atoms with van der Waals surface area (Å²) in [6.45, 7) is 2.52. The molecule has 1 amide bonds. The molecule has 0 saturated heterocycles. The predicted octanol–water partition coefficient (Wildman–Crippen LogP) is 6.46. The second-order valence-electron chi connectivity index (χ2n) is 8.98. The van der Waals surface area contributed by atoms with Crippen molar-refractivity contribution in [1.29, 1.82) is 0 Å². The fourth-order valence-corrected chi connectivity index (χ4v) is 4.43. The maximum atomic E-state index is 12.9. The Kier molecular flexibility index (Phi) is 6.43. The Morgan fingerprint density at radius 2 is 1.70 bits per heavy atom. The van der Waals surface area contributed by atoms with Crippen LogP contribution in [0.15, 0.2) is 103 Å². The maximum Gasteiger partial charge on any atom is 0.269 e. The summed E-state index contributed by atoms with van der Waals surface area (Å²) >= 11 is 0. The van der Waals surface area contributed by atoms with Crippen LogP contribution in [0, 0.1) is 10.1 Å². The second-order valence-corrected chi connectivity index (χ2v) is 8.98. The highest BCUT2D eigenvalue weighted by molar-refractivity contribution is 5.98. The van der Waals surface area contributed by atoms with Gasteiger partial charge in [-0.25, -0.2) is 0 Å². The number of amides is 1. The van der Waals surface area contributed by atoms with Gasteiger partial charge in [0, 0.05) is 46.9 Å². The molecule has 0 radical (unpaired) electrons. The molecule has 7 heteroatoms. The average molecular weight is 492 g/mol. The molecule has 5 aromatic rings. The number of aromatic nitrogens is 1. The van der Waals surface area contributed by atoms with E-state index in [9.17, 15) is 20.0 Å². The summed E-state index contributed by atoms with van der Waals surface area (Å²) in [4.78, 5) is 23.3. The minimum absolute atomic E-state index is 0.0173. The zero-order valence-corrected chi connectivity index (χ0v) is 20.2. The number of non-ortho nitro benzene ring substituents is 1. The number of phenolic OH excluding ortho intramolecular Hbond substituents is 1. The zero-order valence-electron chi connectivity index (χ0n) is 20.2. The summed E-state index contributed by atoms with van der Waals surface area (Å²) in [5.74, 6) is 0.0499. The lowest BCUT2D eigenvalue weighted by molar-refractivity contribution is -0.384. The summed E-state index contributed by atoms with van der Waals surface area (Å²) < 4.78 is 2.13. The molecule has 1 atom stereocenters. The number of benzene rings is 4. The normalized spacial score (nSPS) is 11.8. The summed E-state index contributed by atoms with van der Waals surface area (Å²) in [6.07, 6.45) is 2.00. The first-order valence-corrected chi connectivity index (χ1v) is 11.9. The Morgan fingerprint density at radius 1 is 0.973 bits per heavy atom. The Hall–Kier alpha value is -4.91. The van der Waals surface area contributed by atoms with Crippen LogP contribution < -0.4 is 5.32 Å². The summed E-state index contributed by atoms with van der Waals surface area (Å²) in [5, 5.41) is 24.9. The van der Waals surface area contributed by atoms with Crippen molar-refractivity contribution in [3.8, 4) is 16.9 Å². The molecule has 0 saturated carbocycles. The van der Waals surface area contributed by atoms with Gasteiger partial charge in [-0.2, -0.15) is 0 Å². The maximum absolute atomic E-state index is 12.9. The van der Waals surface area contributed by atoms with Crippen molar-refractivity contribution < 1.29 is 14.8 Å². The van der Waals surface area contributed by atoms with Crippen LogP contribution in [0.4, 0.5) is 5.69 Å². The lowest BCUT2D eigenvalue weighted by Crippen LogP contribution is -2.26. The Morgan fingerprint density at radius 3 is 2.41 bits per heavy atom. The van der Waals surface area contributed by atoms with E-state index in [0.29, 0.717) is 12.1 Å². The van der Waals surface area contributed by atoms with E-state index < -0.39 is 4.92 Å². The number of phenols is 1. The zero-order chi connectivity index (χ0) is 25.9. The lowest BCUT2D eigenvalue weighted by atomic mass is 10.0. The molecule has 0 bridgehead atoms. The Balaban J connectivity index is 1.28. The number of carbonyl (C=O) groups is 1. The predicted molar refractivity (Wildman–Crippen MR) is 144 cm³/mol. The fraction of sp³-hybridized carbons (Fsp3) is 0.100. The molecule has 37 heavy (non-hydrogen) atoms. The van der Waals surface area contributed by atoms with Crippen LogP contribution in [-0.2, 0) is 6.54 Å². The molecule has 4 aromatic carbocycles. The van der Waals surface area contributed by atoms with Crippen molar-refractivity contribution in [2.24, 2.45) is 0 Å². The highest BCUT2D eigenvalue weighted by Crippen LogP contribution is 2.29. The van der Waals surface area contributed by atoms with E-state index in [4.69, 9.17) is 0 Å². The standard InChI is InChI=1S/C30H25N3O4/c1-20(22-10-13-26(14-11-22)33(36)37)31-30(35)25-12-15-28-24(18-25)16-17-32(28)19-21-6-8-23(9-7-21)27-4-2-3-5-29(27)34/h2-18,20,34H,19H2,1H3,(H,31,35). The third-order valence-corrected chi connectivity index (χ3v) is 6.51. The average Bonchev–Trinajstić information content (AvgIpc) is 3.31. The van der Waals surface area contributed by atoms with Gasteiger partial charge in [-0.1, -0.05) is 54.6 Å². The number of hydrogen-bond acceptors (Lipinski definition) is 4. The highest BCUT2D eigenvalue weighted by atomic mass is 16.6. The van der Waals surface area contributed by atoms with Gasteiger partial charge in [0.15, 0.2) is 0 Å². The number of nitro groups is 1. The van der Waals surface area contributed by atoms with Gasteiger partial charge in [-0.15, -0.1) is 0 Å². The minimum atomic E-state index is -0.445. The van der Waals surface area contributed by atoms with Gasteiger partial charge < -0.3 is 15.0 Å². The van der Waals surface area contributed by atoms with Gasteiger partial charge in [0.25, 0.3) is 11.6 Å². The number of nitro benzene ring substituents is 1. The number of nitrogens with zero attached hydrogens (tertiary/aromatic N) is 2. The topological polar surface area (TPSA) is 97.4 Å². The number of fused-ring (bicyclic) bond motifs is 1. The van der Waals surface area contributed by atoms with E-state index in [1.165, 1.54) is 12.1 Å². The molecule has 1 heterocycles. The van der Waals surface area contributed by atoms with Crippen LogP contribution in [0.2, 0.25) is 0 Å². The quantitative estimate of drug-likeness (QED) is 0.202. The molecule has 0 aliphatic carbocycles. The van der Waals surface area contributed by atoms with E-state index in [1.807, 2.05) is 55.6 Å². The van der Waals surface area contributed by atoms with Gasteiger partial charge in [0.1, 0.15) is 5.75 Å². The summed E-state index contributed by atoms with van der Waals surface area (Å²) in [6, 6.07) is 28.9. The second kappa shape index (κ2) is 9.99. The first-order valence-electron chi connectivity index (χ1n) is 11.9. The molecule has 0 fully saturated rings. The molecule has 0 aliphatic heterocycles. The van der Waals surface area contributed by atoms with Crippen LogP contribution in [0.1, 0.15) is 34.5 Å². The molecule has 0 spiro atoms. The summed E-state index contributed by atoms with van der Waals surface area (Å²) in [5.41, 5.74) is 5.25. The molecule has 1 aromatic heterocycles. The van der Waals surface area contributed by atoms with Crippen LogP contribution in [0.5, 0.6) is 5.75 Å². The number of rotatable bonds is 7. The first kappa shape index (κ1) is 23.8. The van der Waals surface area contributed by atoms with E-state index in [0.717, 1.165) is 33.2 Å². The number of hydrogen-bond donors (Lipinski definition) is 2. The van der Waals surface area contributed by atoms with E-state index in [2.05, 4.69) is 22.0 Å². The molecule has 5 rings (SSSR count). The number of aromatic hydroxyl groups is 1. The van der Waals surface area contributed by atoms with Gasteiger partial charge in [0.05, 0.1) is 11.0 Å². The molecule has 2 N–H and O–H groups in total. The van der Waals surface area contributed by atoms with Crippen molar-refractivity contribution >= 4 is 22.5 Å². The molecule has 7 nitrogen and oxygen atoms in total. The largest absolute Gasteiger partial charge is 0.507 e. The van der Waals surface area contributed by atoms with Crippen LogP contribution in [0.25, 0.3) is 22.0 Å². The molecule has 0 aliphatic rings. The van der Waals surface area contributed by atoms with Crippen LogP contribution >= 0.6 is 0 Å². The minimum Gasteiger partial charge on any atom is -0.507 e. The third-order valence-electron chi connectivity index (χ3n) is 6.51. The lowest BCUT2D eigenvalue weighted by Gasteiger charge is -2.14. The van der Waals surface area contributed by atoms with Gasteiger partial charge in [-0.3, -0.25) is 14.9 Å². The number of para-hydroxylation sites is 1. The Bertz CT molecular complexity index is 1590. The van der Waals surface area contributed by atoms with Gasteiger partial charge >= 0.3 is 0 Å². The monoisotopic (exact) mass is 491 g/mol. The van der Waals surface area contributed by atoms with Crippen molar-refractivity contribution in [3.05, 3.63) is 130 Å². The molecule has 184 valence electrons. The highest BCUT2D eigenvalue weighted by Gasteiger charge is 2.14. The first-order chi connectivity index (χ1) is 17.9. The van der Waals surface area contributed by atoms with Crippen molar-refractivity contribution in [2.45, 2.75) is 19.5 Å². The number of nitrogens with one attached hydrogen (secondary N) is 1. The van der Waals surface area contributed by atoms with Gasteiger partial charge in [0.2, 0.25) is 0 Å². The summed E-state index contributed by atoms with van der Waals surface area (Å²) in [7, 11) is 0. The van der Waals surface area contributed by atoms with Crippen LogP contribution in [0.3, 0.4) is 0 Å². The molecular weight excluding hydrogens is 466 g/mol. The molecular formula is C30H25N3O4. The van der Waals surface area contributed by atoms with E-state index in [-0.39, 0.29) is 23.4 Å². The third kappa shape index (κ3) is 5.06. The molecule has 1 unspecified atom stereocenters. The smallest absolute Gasteiger partial charge is 0.269 e. The van der Waals surface area contributed by atoms with Gasteiger partial charge in [-0.05, 0) is 53.9 Å².